The van der Waals surface area contributed by atoms with E-state index in [-0.39, 0.29) is 12.6 Å². The highest BCUT2D eigenvalue weighted by Crippen LogP contribution is 2.17. The Morgan fingerprint density at radius 2 is 2.00 bits per heavy atom. The van der Waals surface area contributed by atoms with Gasteiger partial charge in [0, 0.05) is 19.1 Å². The highest BCUT2D eigenvalue weighted by atomic mass is 16.3. The normalized spacial score (nSPS) is 17.7. The number of likely N-dealkylation sites (tertiary alicyclic amines) is 1. The molecule has 1 saturated heterocycles. The molecule has 128 valence electrons. The second-order valence-electron chi connectivity index (χ2n) is 6.61. The SMILES string of the molecule is CC1CCN(C(C)CNC(=O)NCc2cccc(CO)c2)CC1. The topological polar surface area (TPSA) is 64.6 Å². The number of carbonyl (C=O) groups excluding carboxylic acids is 1. The fraction of sp³-hybridized carbons (Fsp3) is 0.611. The van der Waals surface area contributed by atoms with Crippen molar-refractivity contribution in [2.24, 2.45) is 5.92 Å². The van der Waals surface area contributed by atoms with Crippen LogP contribution < -0.4 is 10.6 Å². The summed E-state index contributed by atoms with van der Waals surface area (Å²) in [5.74, 6) is 0.824. The molecular weight excluding hydrogens is 290 g/mol. The molecule has 0 aromatic heterocycles. The van der Waals surface area contributed by atoms with E-state index < -0.39 is 0 Å². The van der Waals surface area contributed by atoms with Crippen molar-refractivity contribution >= 4 is 6.03 Å². The summed E-state index contributed by atoms with van der Waals surface area (Å²) in [6.45, 7) is 7.87. The Labute approximate surface area is 139 Å². The fourth-order valence-electron chi connectivity index (χ4n) is 2.92. The van der Waals surface area contributed by atoms with E-state index in [1.165, 1.54) is 12.8 Å². The lowest BCUT2D eigenvalue weighted by Gasteiger charge is -2.34. The molecule has 0 saturated carbocycles. The Balaban J connectivity index is 1.68. The lowest BCUT2D eigenvalue weighted by molar-refractivity contribution is 0.145. The van der Waals surface area contributed by atoms with Crippen molar-refractivity contribution in [1.29, 1.82) is 0 Å². The number of nitrogens with one attached hydrogen (secondary N) is 2. The number of hydrogen-bond donors (Lipinski definition) is 3. The molecule has 1 atom stereocenters. The number of aliphatic hydroxyl groups is 1. The van der Waals surface area contributed by atoms with Gasteiger partial charge in [-0.25, -0.2) is 4.79 Å². The van der Waals surface area contributed by atoms with Gasteiger partial charge in [0.15, 0.2) is 0 Å². The molecule has 1 aromatic rings. The molecule has 1 aliphatic heterocycles. The first-order chi connectivity index (χ1) is 11.1. The highest BCUT2D eigenvalue weighted by Gasteiger charge is 2.20. The van der Waals surface area contributed by atoms with Gasteiger partial charge in [-0.05, 0) is 49.9 Å². The number of amides is 2. The molecule has 5 heteroatoms. The van der Waals surface area contributed by atoms with Gasteiger partial charge in [-0.3, -0.25) is 4.90 Å². The largest absolute Gasteiger partial charge is 0.392 e. The Hall–Kier alpha value is -1.59. The maximum Gasteiger partial charge on any atom is 0.315 e. The zero-order valence-corrected chi connectivity index (χ0v) is 14.2. The molecule has 1 heterocycles. The zero-order chi connectivity index (χ0) is 16.7. The van der Waals surface area contributed by atoms with Crippen LogP contribution in [-0.2, 0) is 13.2 Å². The van der Waals surface area contributed by atoms with Crippen LogP contribution in [0.5, 0.6) is 0 Å². The molecule has 0 aliphatic carbocycles. The summed E-state index contributed by atoms with van der Waals surface area (Å²) in [6, 6.07) is 7.82. The summed E-state index contributed by atoms with van der Waals surface area (Å²) in [5.41, 5.74) is 1.85. The van der Waals surface area contributed by atoms with Crippen molar-refractivity contribution in [3.63, 3.8) is 0 Å². The standard InChI is InChI=1S/C18H29N3O2/c1-14-6-8-21(9-7-14)15(2)11-19-18(23)20-12-16-4-3-5-17(10-16)13-22/h3-5,10,14-15,22H,6-9,11-13H2,1-2H3,(H2,19,20,23). The first-order valence-electron chi connectivity index (χ1n) is 8.53. The molecule has 2 rings (SSSR count). The van der Waals surface area contributed by atoms with Crippen molar-refractivity contribution in [1.82, 2.24) is 15.5 Å². The van der Waals surface area contributed by atoms with Crippen molar-refractivity contribution in [2.75, 3.05) is 19.6 Å². The fourth-order valence-corrected chi connectivity index (χ4v) is 2.92. The Morgan fingerprint density at radius 3 is 2.70 bits per heavy atom. The van der Waals surface area contributed by atoms with E-state index in [1.54, 1.807) is 0 Å². The maximum atomic E-state index is 11.9. The van der Waals surface area contributed by atoms with Crippen molar-refractivity contribution in [2.45, 2.75) is 45.9 Å². The third kappa shape index (κ3) is 5.84. The summed E-state index contributed by atoms with van der Waals surface area (Å²) in [7, 11) is 0. The molecule has 3 N–H and O–H groups in total. The lowest BCUT2D eigenvalue weighted by atomic mass is 9.98. The van der Waals surface area contributed by atoms with E-state index in [1.807, 2.05) is 24.3 Å². The van der Waals surface area contributed by atoms with Crippen LogP contribution in [0.25, 0.3) is 0 Å². The smallest absolute Gasteiger partial charge is 0.315 e. The van der Waals surface area contributed by atoms with Crippen molar-refractivity contribution in [3.8, 4) is 0 Å². The molecule has 2 amide bonds. The maximum absolute atomic E-state index is 11.9. The second-order valence-corrected chi connectivity index (χ2v) is 6.61. The number of rotatable bonds is 6. The van der Waals surface area contributed by atoms with E-state index in [4.69, 9.17) is 5.11 Å². The summed E-state index contributed by atoms with van der Waals surface area (Å²) in [6.07, 6.45) is 2.50. The molecule has 0 spiro atoms. The Morgan fingerprint density at radius 1 is 1.30 bits per heavy atom. The van der Waals surface area contributed by atoms with Crippen LogP contribution in [0.2, 0.25) is 0 Å². The number of benzene rings is 1. The van der Waals surface area contributed by atoms with Gasteiger partial charge in [0.1, 0.15) is 0 Å². The first-order valence-corrected chi connectivity index (χ1v) is 8.53. The predicted molar refractivity (Wildman–Crippen MR) is 92.0 cm³/mol. The summed E-state index contributed by atoms with van der Waals surface area (Å²) < 4.78 is 0. The molecule has 1 fully saturated rings. The predicted octanol–water partition coefficient (Wildman–Crippen LogP) is 2.10. The van der Waals surface area contributed by atoms with Gasteiger partial charge in [-0.15, -0.1) is 0 Å². The second kappa shape index (κ2) is 8.89. The molecule has 0 bridgehead atoms. The van der Waals surface area contributed by atoms with Gasteiger partial charge in [0.25, 0.3) is 0 Å². The van der Waals surface area contributed by atoms with Crippen LogP contribution in [0.4, 0.5) is 4.79 Å². The third-order valence-electron chi connectivity index (χ3n) is 4.63. The van der Waals surface area contributed by atoms with E-state index in [2.05, 4.69) is 29.4 Å². The molecular formula is C18H29N3O2. The number of aliphatic hydroxyl groups excluding tert-OH is 1. The van der Waals surface area contributed by atoms with Gasteiger partial charge in [0.2, 0.25) is 0 Å². The molecule has 1 aromatic carbocycles. The summed E-state index contributed by atoms with van der Waals surface area (Å²) in [5, 5.41) is 14.9. The first kappa shape index (κ1) is 17.8. The number of carbonyl (C=O) groups is 1. The van der Waals surface area contributed by atoms with E-state index in [9.17, 15) is 4.79 Å². The minimum Gasteiger partial charge on any atom is -0.392 e. The van der Waals surface area contributed by atoms with Crippen LogP contribution in [-0.4, -0.2) is 41.7 Å². The van der Waals surface area contributed by atoms with Gasteiger partial charge < -0.3 is 15.7 Å². The highest BCUT2D eigenvalue weighted by molar-refractivity contribution is 5.73. The van der Waals surface area contributed by atoms with Crippen LogP contribution in [0.1, 0.15) is 37.8 Å². The number of nitrogens with zero attached hydrogens (tertiary/aromatic N) is 1. The van der Waals surface area contributed by atoms with E-state index >= 15 is 0 Å². The third-order valence-corrected chi connectivity index (χ3v) is 4.63. The number of urea groups is 1. The van der Waals surface area contributed by atoms with Crippen molar-refractivity contribution in [3.05, 3.63) is 35.4 Å². The number of hydrogen-bond acceptors (Lipinski definition) is 3. The van der Waals surface area contributed by atoms with Gasteiger partial charge in [-0.2, -0.15) is 0 Å². The van der Waals surface area contributed by atoms with Gasteiger partial charge in [-0.1, -0.05) is 31.2 Å². The average Bonchev–Trinajstić information content (AvgIpc) is 2.58. The molecule has 0 radical (unpaired) electrons. The Bertz CT molecular complexity index is 499. The quantitative estimate of drug-likeness (QED) is 0.752. The van der Waals surface area contributed by atoms with E-state index in [0.717, 1.165) is 30.1 Å². The van der Waals surface area contributed by atoms with Crippen LogP contribution >= 0.6 is 0 Å². The zero-order valence-electron chi connectivity index (χ0n) is 14.2. The minimum atomic E-state index is -0.142. The van der Waals surface area contributed by atoms with Crippen LogP contribution in [0.15, 0.2) is 24.3 Å². The molecule has 1 aliphatic rings. The minimum absolute atomic E-state index is 0.0198. The lowest BCUT2D eigenvalue weighted by Crippen LogP contribution is -2.47. The van der Waals surface area contributed by atoms with Gasteiger partial charge in [0.05, 0.1) is 6.61 Å². The number of piperidine rings is 1. The van der Waals surface area contributed by atoms with Crippen molar-refractivity contribution < 1.29 is 9.90 Å². The average molecular weight is 319 g/mol. The molecule has 1 unspecified atom stereocenters. The van der Waals surface area contributed by atoms with Crippen LogP contribution in [0, 0.1) is 5.92 Å². The van der Waals surface area contributed by atoms with Gasteiger partial charge >= 0.3 is 6.03 Å². The summed E-state index contributed by atoms with van der Waals surface area (Å²) >= 11 is 0. The summed E-state index contributed by atoms with van der Waals surface area (Å²) in [4.78, 5) is 14.4. The monoisotopic (exact) mass is 319 g/mol. The molecule has 5 nitrogen and oxygen atoms in total. The Kier molecular flexibility index (Phi) is 6.86. The van der Waals surface area contributed by atoms with Crippen LogP contribution in [0.3, 0.4) is 0 Å². The molecule has 23 heavy (non-hydrogen) atoms. The van der Waals surface area contributed by atoms with E-state index in [0.29, 0.717) is 19.1 Å².